The number of rotatable bonds is 4. The average Bonchev–Trinajstić information content (AvgIpc) is 2.63. The third-order valence-electron chi connectivity index (χ3n) is 6.06. The lowest BCUT2D eigenvalue weighted by Crippen LogP contribution is -2.25. The third-order valence-corrected chi connectivity index (χ3v) is 6.06. The fraction of sp³-hybridized carbons (Fsp3) is 0.609. The molecule has 0 bridgehead atoms. The van der Waals surface area contributed by atoms with E-state index in [1.54, 1.807) is 0 Å². The molecular weight excluding hydrogens is 308 g/mol. The summed E-state index contributed by atoms with van der Waals surface area (Å²) in [4.78, 5) is 12.4. The second-order valence-electron chi connectivity index (χ2n) is 8.25. The highest BCUT2D eigenvalue weighted by Gasteiger charge is 2.27. The molecule has 0 aromatic heterocycles. The summed E-state index contributed by atoms with van der Waals surface area (Å²) in [5, 5.41) is 0. The minimum absolute atomic E-state index is 0.0486. The van der Waals surface area contributed by atoms with E-state index in [-0.39, 0.29) is 11.9 Å². The molecule has 2 fully saturated rings. The Hall–Kier alpha value is -1.57. The van der Waals surface area contributed by atoms with Gasteiger partial charge in [0, 0.05) is 0 Å². The van der Waals surface area contributed by atoms with Gasteiger partial charge in [0.1, 0.15) is 5.75 Å². The second kappa shape index (κ2) is 8.69. The minimum atomic E-state index is -0.0486. The molecule has 0 saturated heterocycles. The van der Waals surface area contributed by atoms with E-state index in [0.717, 1.165) is 37.5 Å². The predicted octanol–water partition coefficient (Wildman–Crippen LogP) is 6.09. The molecule has 0 radical (unpaired) electrons. The molecule has 0 N–H and O–H groups in total. The summed E-state index contributed by atoms with van der Waals surface area (Å²) in [5.74, 6) is 3.06. The van der Waals surface area contributed by atoms with E-state index in [0.29, 0.717) is 11.7 Å². The fourth-order valence-electron chi connectivity index (χ4n) is 4.15. The topological polar surface area (TPSA) is 26.3 Å². The van der Waals surface area contributed by atoms with E-state index >= 15 is 0 Å². The summed E-state index contributed by atoms with van der Waals surface area (Å²) >= 11 is 0. The highest BCUT2D eigenvalue weighted by atomic mass is 16.5. The molecule has 136 valence electrons. The van der Waals surface area contributed by atoms with Crippen LogP contribution in [0.15, 0.2) is 36.4 Å². The van der Waals surface area contributed by atoms with Gasteiger partial charge in [0.05, 0.1) is 5.92 Å². The van der Waals surface area contributed by atoms with Crippen LogP contribution in [0.1, 0.15) is 63.9 Å². The molecule has 0 atom stereocenters. The molecule has 0 spiro atoms. The summed E-state index contributed by atoms with van der Waals surface area (Å²) in [6.07, 6.45) is 14.6. The smallest absolute Gasteiger partial charge is 0.314 e. The van der Waals surface area contributed by atoms with Crippen LogP contribution in [-0.4, -0.2) is 5.97 Å². The molecule has 2 saturated carbocycles. The van der Waals surface area contributed by atoms with Gasteiger partial charge in [-0.15, -0.1) is 0 Å². The summed E-state index contributed by atoms with van der Waals surface area (Å²) < 4.78 is 5.55. The predicted molar refractivity (Wildman–Crippen MR) is 103 cm³/mol. The monoisotopic (exact) mass is 340 g/mol. The quantitative estimate of drug-likeness (QED) is 0.377. The Kier molecular flexibility index (Phi) is 6.34. The van der Waals surface area contributed by atoms with Gasteiger partial charge < -0.3 is 4.74 Å². The lowest BCUT2D eigenvalue weighted by Gasteiger charge is -2.27. The lowest BCUT2D eigenvalue weighted by atomic mass is 9.79. The van der Waals surface area contributed by atoms with Gasteiger partial charge in [-0.05, 0) is 75.3 Å². The van der Waals surface area contributed by atoms with Gasteiger partial charge in [-0.3, -0.25) is 4.79 Å². The van der Waals surface area contributed by atoms with Crippen molar-refractivity contribution >= 4 is 5.97 Å². The Bertz CT molecular complexity index is 571. The third kappa shape index (κ3) is 5.45. The van der Waals surface area contributed by atoms with Crippen molar-refractivity contribution in [2.24, 2.45) is 23.7 Å². The van der Waals surface area contributed by atoms with Crippen LogP contribution in [0.4, 0.5) is 0 Å². The van der Waals surface area contributed by atoms with Gasteiger partial charge in [0.2, 0.25) is 0 Å². The van der Waals surface area contributed by atoms with Crippen LogP contribution in [0.25, 0.3) is 0 Å². The van der Waals surface area contributed by atoms with Crippen molar-refractivity contribution in [3.63, 3.8) is 0 Å². The number of carbonyl (C=O) groups excluding carboxylic acids is 1. The molecule has 0 unspecified atom stereocenters. The number of allylic oxidation sites excluding steroid dienone is 2. The van der Waals surface area contributed by atoms with Crippen molar-refractivity contribution in [3.8, 4) is 5.75 Å². The first-order valence-corrected chi connectivity index (χ1v) is 10.1. The number of hydrogen-bond acceptors (Lipinski definition) is 2. The van der Waals surface area contributed by atoms with E-state index in [1.807, 2.05) is 31.2 Å². The van der Waals surface area contributed by atoms with Crippen molar-refractivity contribution in [2.45, 2.75) is 65.2 Å². The number of hydrogen-bond donors (Lipinski definition) is 0. The number of esters is 1. The Morgan fingerprint density at radius 3 is 1.96 bits per heavy atom. The van der Waals surface area contributed by atoms with Crippen LogP contribution < -0.4 is 4.74 Å². The summed E-state index contributed by atoms with van der Waals surface area (Å²) in [6.45, 7) is 4.41. The molecule has 2 aliphatic carbocycles. The molecular formula is C23H32O2. The first-order valence-electron chi connectivity index (χ1n) is 10.1. The normalized spacial score (nSPS) is 30.3. The van der Waals surface area contributed by atoms with Gasteiger partial charge in [0.25, 0.3) is 0 Å². The zero-order valence-corrected chi connectivity index (χ0v) is 15.7. The van der Waals surface area contributed by atoms with Crippen LogP contribution in [0.2, 0.25) is 0 Å². The molecule has 2 heteroatoms. The van der Waals surface area contributed by atoms with E-state index in [2.05, 4.69) is 19.1 Å². The summed E-state index contributed by atoms with van der Waals surface area (Å²) in [5.41, 5.74) is 1.18. The molecule has 1 aromatic carbocycles. The SMILES string of the molecule is Cc1ccc(OC(=O)C2CCC(/C=C/C3CCC(C)CC3)CC2)cc1. The van der Waals surface area contributed by atoms with Crippen LogP contribution in [0.3, 0.4) is 0 Å². The number of aryl methyl sites for hydroxylation is 1. The molecule has 2 aliphatic rings. The zero-order chi connectivity index (χ0) is 17.6. The first-order chi connectivity index (χ1) is 12.1. The van der Waals surface area contributed by atoms with Gasteiger partial charge >= 0.3 is 5.97 Å². The molecule has 0 heterocycles. The molecule has 0 amide bonds. The molecule has 2 nitrogen and oxygen atoms in total. The summed E-state index contributed by atoms with van der Waals surface area (Å²) in [7, 11) is 0. The minimum Gasteiger partial charge on any atom is -0.426 e. The maximum Gasteiger partial charge on any atom is 0.314 e. The Labute approximate surface area is 152 Å². The molecule has 3 rings (SSSR count). The van der Waals surface area contributed by atoms with Crippen molar-refractivity contribution < 1.29 is 9.53 Å². The van der Waals surface area contributed by atoms with E-state index < -0.39 is 0 Å². The van der Waals surface area contributed by atoms with Gasteiger partial charge in [-0.2, -0.15) is 0 Å². The van der Waals surface area contributed by atoms with E-state index in [1.165, 1.54) is 31.2 Å². The Morgan fingerprint density at radius 2 is 1.40 bits per heavy atom. The van der Waals surface area contributed by atoms with Gasteiger partial charge in [-0.25, -0.2) is 0 Å². The average molecular weight is 341 g/mol. The highest BCUT2D eigenvalue weighted by molar-refractivity contribution is 5.75. The van der Waals surface area contributed by atoms with Crippen LogP contribution in [0.5, 0.6) is 5.75 Å². The van der Waals surface area contributed by atoms with Crippen LogP contribution in [-0.2, 0) is 4.79 Å². The number of benzene rings is 1. The van der Waals surface area contributed by atoms with Crippen LogP contribution >= 0.6 is 0 Å². The van der Waals surface area contributed by atoms with Crippen molar-refractivity contribution in [1.29, 1.82) is 0 Å². The Morgan fingerprint density at radius 1 is 0.880 bits per heavy atom. The van der Waals surface area contributed by atoms with Gasteiger partial charge in [0.15, 0.2) is 0 Å². The standard InChI is InChI=1S/C23H32O2/c1-17-3-7-19(8-4-17)9-10-20-11-13-21(14-12-20)23(24)25-22-15-5-18(2)6-16-22/h5-6,9-10,15-17,19-21H,3-4,7-8,11-14H2,1-2H3/b10-9+. The molecule has 1 aromatic rings. The fourth-order valence-corrected chi connectivity index (χ4v) is 4.15. The molecule has 0 aliphatic heterocycles. The lowest BCUT2D eigenvalue weighted by molar-refractivity contribution is -0.140. The maximum atomic E-state index is 12.4. The molecule has 25 heavy (non-hydrogen) atoms. The van der Waals surface area contributed by atoms with Crippen LogP contribution in [0, 0.1) is 30.6 Å². The summed E-state index contributed by atoms with van der Waals surface area (Å²) in [6, 6.07) is 7.73. The number of ether oxygens (including phenoxy) is 1. The van der Waals surface area contributed by atoms with Gasteiger partial charge in [-0.1, -0.05) is 49.6 Å². The maximum absolute atomic E-state index is 12.4. The van der Waals surface area contributed by atoms with Crippen molar-refractivity contribution in [3.05, 3.63) is 42.0 Å². The zero-order valence-electron chi connectivity index (χ0n) is 15.7. The van der Waals surface area contributed by atoms with Crippen molar-refractivity contribution in [2.75, 3.05) is 0 Å². The number of carbonyl (C=O) groups is 1. The van der Waals surface area contributed by atoms with E-state index in [9.17, 15) is 4.79 Å². The largest absolute Gasteiger partial charge is 0.426 e. The van der Waals surface area contributed by atoms with E-state index in [4.69, 9.17) is 4.74 Å². The second-order valence-corrected chi connectivity index (χ2v) is 8.25. The van der Waals surface area contributed by atoms with Crippen molar-refractivity contribution in [1.82, 2.24) is 0 Å². The first kappa shape index (κ1) is 18.2. The Balaban J connectivity index is 1.42. The highest BCUT2D eigenvalue weighted by Crippen LogP contribution is 2.33.